The molecule has 1 unspecified atom stereocenters. The molecule has 1 aromatic carbocycles. The summed E-state index contributed by atoms with van der Waals surface area (Å²) in [6, 6.07) is 7.69. The summed E-state index contributed by atoms with van der Waals surface area (Å²) in [5.41, 5.74) is 1.51. The molecule has 92 valence electrons. The molecule has 1 aliphatic carbocycles. The lowest BCUT2D eigenvalue weighted by molar-refractivity contribution is 0.0696. The Morgan fingerprint density at radius 2 is 2.12 bits per heavy atom. The molecule has 1 saturated carbocycles. The third-order valence-corrected chi connectivity index (χ3v) is 3.63. The van der Waals surface area contributed by atoms with Gasteiger partial charge in [0.2, 0.25) is 0 Å². The van der Waals surface area contributed by atoms with E-state index in [0.717, 1.165) is 5.56 Å². The van der Waals surface area contributed by atoms with Gasteiger partial charge in [-0.05, 0) is 50.6 Å². The number of hydrogen-bond acceptors (Lipinski definition) is 2. The van der Waals surface area contributed by atoms with E-state index in [2.05, 4.69) is 19.0 Å². The zero-order chi connectivity index (χ0) is 12.4. The summed E-state index contributed by atoms with van der Waals surface area (Å²) >= 11 is 0. The van der Waals surface area contributed by atoms with Crippen LogP contribution < -0.4 is 0 Å². The summed E-state index contributed by atoms with van der Waals surface area (Å²) in [5, 5.41) is 9.03. The number of nitrogens with zero attached hydrogens (tertiary/aromatic N) is 1. The number of aromatic carboxylic acids is 1. The van der Waals surface area contributed by atoms with E-state index in [1.54, 1.807) is 6.07 Å². The van der Waals surface area contributed by atoms with Gasteiger partial charge in [0.15, 0.2) is 0 Å². The Bertz CT molecular complexity index is 410. The van der Waals surface area contributed by atoms with Crippen LogP contribution in [0.3, 0.4) is 0 Å². The molecular weight excluding hydrogens is 214 g/mol. The number of hydrogen-bond donors (Lipinski definition) is 1. The summed E-state index contributed by atoms with van der Waals surface area (Å²) in [6.07, 6.45) is 3.80. The van der Waals surface area contributed by atoms with Crippen LogP contribution in [0.4, 0.5) is 0 Å². The van der Waals surface area contributed by atoms with Crippen LogP contribution in [0.5, 0.6) is 0 Å². The van der Waals surface area contributed by atoms with Crippen molar-refractivity contribution in [1.82, 2.24) is 4.90 Å². The van der Waals surface area contributed by atoms with Crippen LogP contribution in [0.25, 0.3) is 0 Å². The fourth-order valence-electron chi connectivity index (χ4n) is 2.60. The Kier molecular flexibility index (Phi) is 3.48. The van der Waals surface area contributed by atoms with Gasteiger partial charge in [0.05, 0.1) is 5.56 Å². The van der Waals surface area contributed by atoms with E-state index >= 15 is 0 Å². The lowest BCUT2D eigenvalue weighted by Crippen LogP contribution is -2.31. The molecular formula is C14H19NO2. The highest BCUT2D eigenvalue weighted by atomic mass is 16.4. The molecule has 0 amide bonds. The highest BCUT2D eigenvalue weighted by Gasteiger charge is 2.30. The van der Waals surface area contributed by atoms with Crippen LogP contribution in [0.1, 0.15) is 41.2 Å². The molecule has 0 saturated heterocycles. The number of rotatable bonds is 4. The fourth-order valence-corrected chi connectivity index (χ4v) is 2.60. The zero-order valence-electron chi connectivity index (χ0n) is 10.4. The Morgan fingerprint density at radius 1 is 1.41 bits per heavy atom. The molecule has 0 aromatic heterocycles. The molecule has 0 heterocycles. The van der Waals surface area contributed by atoms with Crippen molar-refractivity contribution in [2.75, 3.05) is 14.1 Å². The molecule has 1 fully saturated rings. The van der Waals surface area contributed by atoms with Crippen molar-refractivity contribution >= 4 is 5.97 Å². The fraction of sp³-hybridized carbons (Fsp3) is 0.500. The van der Waals surface area contributed by atoms with E-state index < -0.39 is 5.97 Å². The number of carbonyl (C=O) groups is 1. The van der Waals surface area contributed by atoms with Crippen LogP contribution in [-0.2, 0) is 0 Å². The van der Waals surface area contributed by atoms with Crippen LogP contribution in [0.2, 0.25) is 0 Å². The first-order chi connectivity index (χ1) is 8.09. The zero-order valence-corrected chi connectivity index (χ0v) is 10.4. The second-order valence-electron chi connectivity index (χ2n) is 5.03. The lowest BCUT2D eigenvalue weighted by Gasteiger charge is -2.38. The maximum atomic E-state index is 11.0. The second kappa shape index (κ2) is 4.88. The first kappa shape index (κ1) is 12.1. The minimum Gasteiger partial charge on any atom is -0.478 e. The summed E-state index contributed by atoms with van der Waals surface area (Å²) in [7, 11) is 4.13. The summed E-state index contributed by atoms with van der Waals surface area (Å²) in [6.45, 7) is 0. The van der Waals surface area contributed by atoms with E-state index in [9.17, 15) is 4.79 Å². The molecule has 0 spiro atoms. The molecule has 0 bridgehead atoms. The van der Waals surface area contributed by atoms with Crippen LogP contribution in [0, 0.1) is 5.92 Å². The van der Waals surface area contributed by atoms with Crippen LogP contribution in [0.15, 0.2) is 24.3 Å². The van der Waals surface area contributed by atoms with Gasteiger partial charge < -0.3 is 10.0 Å². The van der Waals surface area contributed by atoms with E-state index in [0.29, 0.717) is 17.5 Å². The molecule has 1 N–H and O–H groups in total. The van der Waals surface area contributed by atoms with Crippen molar-refractivity contribution in [1.29, 1.82) is 0 Å². The molecule has 17 heavy (non-hydrogen) atoms. The number of carboxylic acids is 1. The summed E-state index contributed by atoms with van der Waals surface area (Å²) in [5.74, 6) is -0.174. The molecule has 2 rings (SSSR count). The molecule has 1 aliphatic rings. The Hall–Kier alpha value is -1.35. The van der Waals surface area contributed by atoms with Crippen molar-refractivity contribution in [3.63, 3.8) is 0 Å². The van der Waals surface area contributed by atoms with Crippen molar-refractivity contribution in [2.45, 2.75) is 25.3 Å². The summed E-state index contributed by atoms with van der Waals surface area (Å²) < 4.78 is 0. The van der Waals surface area contributed by atoms with Gasteiger partial charge in [-0.1, -0.05) is 18.6 Å². The smallest absolute Gasteiger partial charge is 0.335 e. The van der Waals surface area contributed by atoms with Crippen LogP contribution >= 0.6 is 0 Å². The Morgan fingerprint density at radius 3 is 2.59 bits per heavy atom. The minimum absolute atomic E-state index is 0.350. The standard InChI is InChI=1S/C14H19NO2/c1-15(2)13(10-5-3-6-10)11-7-4-8-12(9-11)14(16)17/h4,7-10,13H,3,5-6H2,1-2H3,(H,16,17). The average Bonchev–Trinajstić information content (AvgIpc) is 2.22. The molecule has 1 aromatic rings. The van der Waals surface area contributed by atoms with Gasteiger partial charge in [0.1, 0.15) is 0 Å². The number of carboxylic acid groups (broad SMARTS) is 1. The van der Waals surface area contributed by atoms with Gasteiger partial charge in [-0.2, -0.15) is 0 Å². The molecule has 0 radical (unpaired) electrons. The quantitative estimate of drug-likeness (QED) is 0.869. The van der Waals surface area contributed by atoms with Gasteiger partial charge in [0, 0.05) is 6.04 Å². The predicted molar refractivity (Wildman–Crippen MR) is 67.2 cm³/mol. The van der Waals surface area contributed by atoms with Gasteiger partial charge in [-0.25, -0.2) is 4.79 Å². The number of benzene rings is 1. The monoisotopic (exact) mass is 233 g/mol. The van der Waals surface area contributed by atoms with E-state index in [1.807, 2.05) is 18.2 Å². The Labute approximate surface area is 102 Å². The molecule has 1 atom stereocenters. The first-order valence-electron chi connectivity index (χ1n) is 6.09. The highest BCUT2D eigenvalue weighted by molar-refractivity contribution is 5.87. The third kappa shape index (κ3) is 2.50. The predicted octanol–water partition coefficient (Wildman–Crippen LogP) is 2.79. The third-order valence-electron chi connectivity index (χ3n) is 3.63. The van der Waals surface area contributed by atoms with Gasteiger partial charge in [-0.3, -0.25) is 0 Å². The normalized spacial score (nSPS) is 17.8. The van der Waals surface area contributed by atoms with E-state index in [1.165, 1.54) is 19.3 Å². The lowest BCUT2D eigenvalue weighted by atomic mass is 9.76. The SMILES string of the molecule is CN(C)C(c1cccc(C(=O)O)c1)C1CCC1. The highest BCUT2D eigenvalue weighted by Crippen LogP contribution is 2.40. The maximum absolute atomic E-state index is 11.0. The van der Waals surface area contributed by atoms with Crippen molar-refractivity contribution < 1.29 is 9.90 Å². The van der Waals surface area contributed by atoms with Crippen LogP contribution in [-0.4, -0.2) is 30.1 Å². The van der Waals surface area contributed by atoms with Crippen molar-refractivity contribution in [3.05, 3.63) is 35.4 Å². The van der Waals surface area contributed by atoms with E-state index in [4.69, 9.17) is 5.11 Å². The van der Waals surface area contributed by atoms with Crippen molar-refractivity contribution in [3.8, 4) is 0 Å². The maximum Gasteiger partial charge on any atom is 0.335 e. The van der Waals surface area contributed by atoms with Crippen molar-refractivity contribution in [2.24, 2.45) is 5.92 Å². The Balaban J connectivity index is 2.28. The first-order valence-corrected chi connectivity index (χ1v) is 6.09. The molecule has 0 aliphatic heterocycles. The largest absolute Gasteiger partial charge is 0.478 e. The molecule has 3 nitrogen and oxygen atoms in total. The summed E-state index contributed by atoms with van der Waals surface area (Å²) in [4.78, 5) is 13.2. The van der Waals surface area contributed by atoms with Gasteiger partial charge in [-0.15, -0.1) is 0 Å². The molecule has 3 heteroatoms. The van der Waals surface area contributed by atoms with E-state index in [-0.39, 0.29) is 0 Å². The topological polar surface area (TPSA) is 40.5 Å². The second-order valence-corrected chi connectivity index (χ2v) is 5.03. The van der Waals surface area contributed by atoms with Gasteiger partial charge >= 0.3 is 5.97 Å². The average molecular weight is 233 g/mol. The minimum atomic E-state index is -0.849. The van der Waals surface area contributed by atoms with Gasteiger partial charge in [0.25, 0.3) is 0 Å².